The van der Waals surface area contributed by atoms with Crippen LogP contribution in [0.1, 0.15) is 22.3 Å². The van der Waals surface area contributed by atoms with Crippen molar-refractivity contribution < 1.29 is 0 Å². The largest absolute Gasteiger partial charge is 0.275 e. The van der Waals surface area contributed by atoms with Crippen molar-refractivity contribution in [3.8, 4) is 44.5 Å². The molecule has 0 saturated heterocycles. The third kappa shape index (κ3) is 3.27. The van der Waals surface area contributed by atoms with Crippen molar-refractivity contribution in [2.75, 3.05) is 0 Å². The van der Waals surface area contributed by atoms with Gasteiger partial charge in [-0.25, -0.2) is 0 Å². The van der Waals surface area contributed by atoms with Crippen LogP contribution in [0.5, 0.6) is 0 Å². The Kier molecular flexibility index (Phi) is 4.86. The molecule has 2 aliphatic rings. The zero-order valence-electron chi connectivity index (χ0n) is 25.5. The van der Waals surface area contributed by atoms with Crippen LogP contribution in [0.15, 0.2) is 144 Å². The van der Waals surface area contributed by atoms with Gasteiger partial charge >= 0.3 is 0 Å². The lowest BCUT2D eigenvalue weighted by molar-refractivity contribution is 1.21. The van der Waals surface area contributed by atoms with Gasteiger partial charge in [0.15, 0.2) is 0 Å². The molecule has 218 valence electrons. The molecule has 0 atom stereocenters. The Morgan fingerprint density at radius 2 is 0.979 bits per heavy atom. The smallest absolute Gasteiger partial charge is 0.263 e. The minimum absolute atomic E-state index is 0.0405. The summed E-state index contributed by atoms with van der Waals surface area (Å²) in [6.07, 6.45) is 1.84. The second kappa shape index (κ2) is 9.05. The van der Waals surface area contributed by atoms with Crippen molar-refractivity contribution in [3.05, 3.63) is 172 Å². The summed E-state index contributed by atoms with van der Waals surface area (Å²) >= 11 is 0. The third-order valence-corrected chi connectivity index (χ3v) is 10.9. The molecule has 0 N–H and O–H groups in total. The highest BCUT2D eigenvalue weighted by Crippen LogP contribution is 2.47. The van der Waals surface area contributed by atoms with Crippen LogP contribution in [0.2, 0.25) is 0 Å². The molecule has 0 fully saturated rings. The molecule has 2 aliphatic carbocycles. The van der Waals surface area contributed by atoms with E-state index in [4.69, 9.17) is 0 Å². The summed E-state index contributed by atoms with van der Waals surface area (Å²) in [7, 11) is 0. The van der Waals surface area contributed by atoms with Gasteiger partial charge in [0.1, 0.15) is 0 Å². The molecule has 2 aromatic heterocycles. The zero-order chi connectivity index (χ0) is 30.8. The van der Waals surface area contributed by atoms with Crippen molar-refractivity contribution in [2.45, 2.75) is 12.8 Å². The fraction of sp³-hybridized carbons (Fsp3) is 0.0444. The lowest BCUT2D eigenvalue weighted by Gasteiger charge is -2.15. The standard InChI is InChI=1S/C45H27NO/c47-45-39-14-6-5-13-36(39)43-37(34-18-8-17-33-30-12-4-2-10-27(30)24-41(33)34)21-22-38-35-20-19-28(25-42(35)46(45)44(38)43)31-15-7-16-32-29-11-3-1-9-26(29)23-40(31)32/h1-22,25H,23-24H2. The average molecular weight is 598 g/mol. The second-order valence-corrected chi connectivity index (χ2v) is 13.1. The fourth-order valence-corrected chi connectivity index (χ4v) is 8.83. The highest BCUT2D eigenvalue weighted by atomic mass is 16.1. The number of pyridine rings is 1. The quantitative estimate of drug-likeness (QED) is 0.182. The number of fused-ring (bicyclic) bond motifs is 11. The van der Waals surface area contributed by atoms with E-state index < -0.39 is 0 Å². The van der Waals surface area contributed by atoms with E-state index in [9.17, 15) is 4.79 Å². The van der Waals surface area contributed by atoms with Gasteiger partial charge < -0.3 is 0 Å². The summed E-state index contributed by atoms with van der Waals surface area (Å²) in [5, 5.41) is 5.15. The van der Waals surface area contributed by atoms with Gasteiger partial charge in [-0.15, -0.1) is 0 Å². The molecule has 0 aliphatic heterocycles. The number of benzene rings is 7. The molecule has 0 amide bonds. The van der Waals surface area contributed by atoms with Gasteiger partial charge in [0.05, 0.1) is 11.0 Å². The molecule has 0 unspecified atom stereocenters. The molecule has 2 heteroatoms. The first-order valence-corrected chi connectivity index (χ1v) is 16.4. The Bertz CT molecular complexity index is 2870. The van der Waals surface area contributed by atoms with Crippen molar-refractivity contribution >= 4 is 38.0 Å². The molecule has 7 aromatic carbocycles. The lowest BCUT2D eigenvalue weighted by atomic mass is 9.90. The summed E-state index contributed by atoms with van der Waals surface area (Å²) < 4.78 is 2.01. The van der Waals surface area contributed by atoms with Gasteiger partial charge in [0.2, 0.25) is 0 Å². The van der Waals surface area contributed by atoms with E-state index in [0.29, 0.717) is 0 Å². The van der Waals surface area contributed by atoms with E-state index in [1.807, 2.05) is 16.5 Å². The first-order valence-electron chi connectivity index (χ1n) is 16.4. The SMILES string of the molecule is O=c1c2ccccc2c2c(-c3cccc4c3Cc3ccccc3-4)ccc3c4ccc(-c5cccc6c5Cc5ccccc5-6)cc4n1c32. The van der Waals surface area contributed by atoms with Gasteiger partial charge in [0, 0.05) is 21.5 Å². The molecule has 0 bridgehead atoms. The summed E-state index contributed by atoms with van der Waals surface area (Å²) in [5.74, 6) is 0. The van der Waals surface area contributed by atoms with E-state index in [0.717, 1.165) is 56.4 Å². The van der Waals surface area contributed by atoms with Crippen LogP contribution >= 0.6 is 0 Å². The maximum absolute atomic E-state index is 14.5. The molecule has 0 spiro atoms. The Balaban J connectivity index is 1.21. The summed E-state index contributed by atoms with van der Waals surface area (Å²) in [4.78, 5) is 14.5. The molecule has 9 aromatic rings. The van der Waals surface area contributed by atoms with Gasteiger partial charge in [-0.05, 0) is 97.1 Å². The number of aromatic nitrogens is 1. The number of rotatable bonds is 2. The monoisotopic (exact) mass is 597 g/mol. The zero-order valence-corrected chi connectivity index (χ0v) is 25.5. The molecule has 47 heavy (non-hydrogen) atoms. The topological polar surface area (TPSA) is 21.5 Å². The molecular formula is C45H27NO. The van der Waals surface area contributed by atoms with Crippen molar-refractivity contribution in [1.29, 1.82) is 0 Å². The number of hydrogen-bond donors (Lipinski definition) is 0. The van der Waals surface area contributed by atoms with Crippen LogP contribution in [0.4, 0.5) is 0 Å². The number of nitrogens with zero attached hydrogens (tertiary/aromatic N) is 1. The minimum Gasteiger partial charge on any atom is -0.275 e. The predicted octanol–water partition coefficient (Wildman–Crippen LogP) is 10.7. The van der Waals surface area contributed by atoms with E-state index >= 15 is 0 Å². The minimum atomic E-state index is 0.0405. The van der Waals surface area contributed by atoms with Gasteiger partial charge in [-0.3, -0.25) is 9.20 Å². The average Bonchev–Trinajstić information content (AvgIpc) is 3.80. The summed E-state index contributed by atoms with van der Waals surface area (Å²) in [6.45, 7) is 0. The first kappa shape index (κ1) is 25.2. The lowest BCUT2D eigenvalue weighted by Crippen LogP contribution is -2.13. The normalized spacial score (nSPS) is 13.0. The van der Waals surface area contributed by atoms with Crippen LogP contribution in [0.3, 0.4) is 0 Å². The van der Waals surface area contributed by atoms with Gasteiger partial charge in [0.25, 0.3) is 5.56 Å². The van der Waals surface area contributed by atoms with E-state index in [-0.39, 0.29) is 5.56 Å². The van der Waals surface area contributed by atoms with E-state index in [1.54, 1.807) is 0 Å². The Morgan fingerprint density at radius 1 is 0.426 bits per heavy atom. The van der Waals surface area contributed by atoms with E-state index in [2.05, 4.69) is 127 Å². The van der Waals surface area contributed by atoms with Crippen LogP contribution in [0.25, 0.3) is 82.5 Å². The van der Waals surface area contributed by atoms with Crippen LogP contribution in [0, 0.1) is 0 Å². The molecule has 0 radical (unpaired) electrons. The Morgan fingerprint density at radius 3 is 1.70 bits per heavy atom. The predicted molar refractivity (Wildman–Crippen MR) is 195 cm³/mol. The molecular weight excluding hydrogens is 571 g/mol. The first-order chi connectivity index (χ1) is 23.2. The summed E-state index contributed by atoms with van der Waals surface area (Å²) in [5.41, 5.74) is 17.6. The third-order valence-electron chi connectivity index (χ3n) is 10.9. The van der Waals surface area contributed by atoms with Gasteiger partial charge in [-0.2, -0.15) is 0 Å². The van der Waals surface area contributed by atoms with Crippen molar-refractivity contribution in [3.63, 3.8) is 0 Å². The highest BCUT2D eigenvalue weighted by molar-refractivity contribution is 6.24. The summed E-state index contributed by atoms with van der Waals surface area (Å²) in [6, 6.07) is 50.3. The van der Waals surface area contributed by atoms with E-state index in [1.165, 1.54) is 61.2 Å². The molecule has 2 nitrogen and oxygen atoms in total. The molecule has 0 saturated carbocycles. The van der Waals surface area contributed by atoms with Crippen LogP contribution in [-0.2, 0) is 12.8 Å². The van der Waals surface area contributed by atoms with Crippen molar-refractivity contribution in [2.24, 2.45) is 0 Å². The fourth-order valence-electron chi connectivity index (χ4n) is 8.83. The highest BCUT2D eigenvalue weighted by Gasteiger charge is 2.26. The second-order valence-electron chi connectivity index (χ2n) is 13.1. The van der Waals surface area contributed by atoms with Crippen LogP contribution in [-0.4, -0.2) is 4.40 Å². The van der Waals surface area contributed by atoms with Crippen molar-refractivity contribution in [1.82, 2.24) is 4.40 Å². The molecule has 2 heterocycles. The molecule has 11 rings (SSSR count). The van der Waals surface area contributed by atoms with Crippen LogP contribution < -0.4 is 5.56 Å². The maximum Gasteiger partial charge on any atom is 0.263 e. The number of hydrogen-bond acceptors (Lipinski definition) is 1. The Labute approximate surface area is 271 Å². The maximum atomic E-state index is 14.5. The van der Waals surface area contributed by atoms with Gasteiger partial charge in [-0.1, -0.05) is 127 Å². The Hall–Kier alpha value is -5.99.